The molecule has 3 fully saturated rings. The fourth-order valence-corrected chi connectivity index (χ4v) is 5.10. The highest BCUT2D eigenvalue weighted by molar-refractivity contribution is 5.78. The van der Waals surface area contributed by atoms with Crippen LogP contribution in [0.25, 0.3) is 0 Å². The van der Waals surface area contributed by atoms with Gasteiger partial charge in [0, 0.05) is 44.2 Å². The molecule has 0 bridgehead atoms. The first-order valence-electron chi connectivity index (χ1n) is 10.7. The molecule has 2 aliphatic heterocycles. The first kappa shape index (κ1) is 19.8. The number of ether oxygens (including phenoxy) is 1. The van der Waals surface area contributed by atoms with Crippen LogP contribution in [0, 0.1) is 0 Å². The van der Waals surface area contributed by atoms with Gasteiger partial charge in [0.05, 0.1) is 13.2 Å². The van der Waals surface area contributed by atoms with Gasteiger partial charge in [-0.05, 0) is 32.2 Å². The standard InChI is InChI=1S/C21H37N3O2/c1-2-12-22-13-9-19-7-8-20(25)24(19)18-21(10-5-3-4-6-11-21)23-14-16-26-17-15-23/h2,19,22H,1,3-18H2/t19-/m0/s1. The van der Waals surface area contributed by atoms with Gasteiger partial charge in [-0.3, -0.25) is 9.69 Å². The fourth-order valence-electron chi connectivity index (χ4n) is 5.10. The number of likely N-dealkylation sites (tertiary alicyclic amines) is 1. The average Bonchev–Trinajstić information content (AvgIpc) is 2.87. The van der Waals surface area contributed by atoms with Crippen molar-refractivity contribution < 1.29 is 9.53 Å². The van der Waals surface area contributed by atoms with Gasteiger partial charge in [-0.2, -0.15) is 0 Å². The zero-order valence-corrected chi connectivity index (χ0v) is 16.4. The Labute approximate surface area is 159 Å². The zero-order chi connectivity index (χ0) is 18.2. The van der Waals surface area contributed by atoms with Crippen molar-refractivity contribution in [2.45, 2.75) is 69.4 Å². The smallest absolute Gasteiger partial charge is 0.222 e. The number of nitrogens with one attached hydrogen (secondary N) is 1. The van der Waals surface area contributed by atoms with Crippen molar-refractivity contribution in [3.8, 4) is 0 Å². The Morgan fingerprint density at radius 1 is 1.19 bits per heavy atom. The summed E-state index contributed by atoms with van der Waals surface area (Å²) in [6.07, 6.45) is 12.4. The van der Waals surface area contributed by atoms with Crippen LogP contribution in [-0.2, 0) is 9.53 Å². The van der Waals surface area contributed by atoms with E-state index in [9.17, 15) is 4.79 Å². The van der Waals surface area contributed by atoms with Crippen molar-refractivity contribution in [2.24, 2.45) is 0 Å². The van der Waals surface area contributed by atoms with Gasteiger partial charge in [-0.1, -0.05) is 31.8 Å². The number of carbonyl (C=O) groups excluding carboxylic acids is 1. The van der Waals surface area contributed by atoms with Crippen LogP contribution in [0.4, 0.5) is 0 Å². The minimum atomic E-state index is 0.174. The number of hydrogen-bond donors (Lipinski definition) is 1. The minimum absolute atomic E-state index is 0.174. The van der Waals surface area contributed by atoms with E-state index in [1.54, 1.807) is 0 Å². The van der Waals surface area contributed by atoms with Crippen LogP contribution < -0.4 is 5.32 Å². The summed E-state index contributed by atoms with van der Waals surface area (Å²) >= 11 is 0. The Bertz CT molecular complexity index is 454. The van der Waals surface area contributed by atoms with E-state index >= 15 is 0 Å². The minimum Gasteiger partial charge on any atom is -0.379 e. The number of amides is 1. The van der Waals surface area contributed by atoms with E-state index < -0.39 is 0 Å². The van der Waals surface area contributed by atoms with Gasteiger partial charge in [-0.25, -0.2) is 0 Å². The number of morpholine rings is 1. The van der Waals surface area contributed by atoms with E-state index in [1.807, 2.05) is 6.08 Å². The molecule has 0 aromatic heterocycles. The number of rotatable bonds is 8. The maximum atomic E-state index is 12.7. The zero-order valence-electron chi connectivity index (χ0n) is 16.4. The lowest BCUT2D eigenvalue weighted by Crippen LogP contribution is -2.59. The van der Waals surface area contributed by atoms with E-state index in [0.29, 0.717) is 11.9 Å². The van der Waals surface area contributed by atoms with E-state index in [2.05, 4.69) is 21.7 Å². The third-order valence-electron chi connectivity index (χ3n) is 6.58. The Morgan fingerprint density at radius 3 is 2.62 bits per heavy atom. The lowest BCUT2D eigenvalue weighted by molar-refractivity contribution is -0.132. The summed E-state index contributed by atoms with van der Waals surface area (Å²) in [5.74, 6) is 0.371. The maximum absolute atomic E-state index is 12.7. The van der Waals surface area contributed by atoms with Crippen LogP contribution in [0.3, 0.4) is 0 Å². The van der Waals surface area contributed by atoms with Crippen LogP contribution in [0.2, 0.25) is 0 Å². The molecule has 3 aliphatic rings. The normalized spacial score (nSPS) is 27.5. The quantitative estimate of drug-likeness (QED) is 0.409. The molecule has 0 aromatic rings. The molecule has 148 valence electrons. The lowest BCUT2D eigenvalue weighted by atomic mass is 9.86. The first-order valence-corrected chi connectivity index (χ1v) is 10.7. The first-order chi connectivity index (χ1) is 12.7. The summed E-state index contributed by atoms with van der Waals surface area (Å²) < 4.78 is 5.62. The molecule has 1 atom stereocenters. The summed E-state index contributed by atoms with van der Waals surface area (Å²) in [7, 11) is 0. The Kier molecular flexibility index (Phi) is 7.52. The molecule has 0 radical (unpaired) electrons. The van der Waals surface area contributed by atoms with Gasteiger partial charge in [0.15, 0.2) is 0 Å². The third kappa shape index (κ3) is 4.87. The molecule has 0 aromatic carbocycles. The van der Waals surface area contributed by atoms with Crippen molar-refractivity contribution in [2.75, 3.05) is 45.9 Å². The molecule has 1 amide bonds. The second kappa shape index (κ2) is 9.86. The van der Waals surface area contributed by atoms with Gasteiger partial charge in [0.1, 0.15) is 0 Å². The van der Waals surface area contributed by atoms with Crippen LogP contribution in [-0.4, -0.2) is 73.2 Å². The van der Waals surface area contributed by atoms with E-state index in [-0.39, 0.29) is 5.54 Å². The summed E-state index contributed by atoms with van der Waals surface area (Å²) in [5, 5.41) is 3.40. The van der Waals surface area contributed by atoms with Gasteiger partial charge < -0.3 is 15.0 Å². The third-order valence-corrected chi connectivity index (χ3v) is 6.58. The predicted octanol–water partition coefficient (Wildman–Crippen LogP) is 2.57. The highest BCUT2D eigenvalue weighted by atomic mass is 16.5. The Morgan fingerprint density at radius 2 is 1.92 bits per heavy atom. The fraction of sp³-hybridized carbons (Fsp3) is 0.857. The second-order valence-corrected chi connectivity index (χ2v) is 8.23. The SMILES string of the molecule is C=CCNCC[C@@H]1CCC(=O)N1CC1(N2CCOCC2)CCCCCC1. The van der Waals surface area contributed by atoms with Crippen molar-refractivity contribution in [3.05, 3.63) is 12.7 Å². The molecule has 2 heterocycles. The summed E-state index contributed by atoms with van der Waals surface area (Å²) in [6.45, 7) is 10.2. The molecule has 1 aliphatic carbocycles. The van der Waals surface area contributed by atoms with Gasteiger partial charge >= 0.3 is 0 Å². The molecule has 0 spiro atoms. The topological polar surface area (TPSA) is 44.8 Å². The molecular formula is C21H37N3O2. The lowest BCUT2D eigenvalue weighted by Gasteiger charge is -2.48. The highest BCUT2D eigenvalue weighted by Crippen LogP contribution is 2.36. The molecule has 1 N–H and O–H groups in total. The molecule has 0 unspecified atom stereocenters. The van der Waals surface area contributed by atoms with Crippen molar-refractivity contribution in [1.82, 2.24) is 15.1 Å². The predicted molar refractivity (Wildman–Crippen MR) is 105 cm³/mol. The Balaban J connectivity index is 1.69. The molecule has 2 saturated heterocycles. The summed E-state index contributed by atoms with van der Waals surface area (Å²) in [4.78, 5) is 17.6. The summed E-state index contributed by atoms with van der Waals surface area (Å²) in [6, 6.07) is 0.404. The summed E-state index contributed by atoms with van der Waals surface area (Å²) in [5.41, 5.74) is 0.174. The highest BCUT2D eigenvalue weighted by Gasteiger charge is 2.43. The largest absolute Gasteiger partial charge is 0.379 e. The molecular weight excluding hydrogens is 326 g/mol. The average molecular weight is 364 g/mol. The van der Waals surface area contributed by atoms with Gasteiger partial charge in [0.25, 0.3) is 0 Å². The molecule has 5 nitrogen and oxygen atoms in total. The van der Waals surface area contributed by atoms with Crippen LogP contribution in [0.5, 0.6) is 0 Å². The molecule has 26 heavy (non-hydrogen) atoms. The number of carbonyl (C=O) groups is 1. The molecule has 5 heteroatoms. The Hall–Kier alpha value is -0.910. The maximum Gasteiger partial charge on any atom is 0.222 e. The van der Waals surface area contributed by atoms with E-state index in [4.69, 9.17) is 4.74 Å². The van der Waals surface area contributed by atoms with Gasteiger partial charge in [-0.15, -0.1) is 6.58 Å². The molecule has 1 saturated carbocycles. The van der Waals surface area contributed by atoms with Crippen molar-refractivity contribution in [3.63, 3.8) is 0 Å². The van der Waals surface area contributed by atoms with Crippen molar-refractivity contribution >= 4 is 5.91 Å². The van der Waals surface area contributed by atoms with Gasteiger partial charge in [0.2, 0.25) is 5.91 Å². The van der Waals surface area contributed by atoms with E-state index in [1.165, 1.54) is 38.5 Å². The van der Waals surface area contributed by atoms with Crippen molar-refractivity contribution in [1.29, 1.82) is 0 Å². The van der Waals surface area contributed by atoms with Crippen LogP contribution >= 0.6 is 0 Å². The second-order valence-electron chi connectivity index (χ2n) is 8.23. The van der Waals surface area contributed by atoms with Crippen LogP contribution in [0.1, 0.15) is 57.8 Å². The monoisotopic (exact) mass is 363 g/mol. The number of nitrogens with zero attached hydrogens (tertiary/aromatic N) is 2. The van der Waals surface area contributed by atoms with Crippen LogP contribution in [0.15, 0.2) is 12.7 Å². The van der Waals surface area contributed by atoms with E-state index in [0.717, 1.165) is 65.2 Å². The number of hydrogen-bond acceptors (Lipinski definition) is 4. The molecule has 3 rings (SSSR count).